The summed E-state index contributed by atoms with van der Waals surface area (Å²) in [6.07, 6.45) is 6.01. The number of fused-ring (bicyclic) bond motifs is 1. The number of hydrogen-bond acceptors (Lipinski definition) is 10. The Hall–Kier alpha value is -3.57. The third-order valence-corrected chi connectivity index (χ3v) is 7.71. The second-order valence-electron chi connectivity index (χ2n) is 9.40. The first-order valence-corrected chi connectivity index (χ1v) is 13.9. The molecule has 38 heavy (non-hydrogen) atoms. The maximum Gasteiger partial charge on any atom is 0.295 e. The van der Waals surface area contributed by atoms with Crippen LogP contribution in [0.25, 0.3) is 22.6 Å². The van der Waals surface area contributed by atoms with E-state index in [1.807, 2.05) is 0 Å². The quantitative estimate of drug-likeness (QED) is 0.315. The van der Waals surface area contributed by atoms with Gasteiger partial charge < -0.3 is 14.8 Å². The largest absolute Gasteiger partial charge is 0.480 e. The zero-order chi connectivity index (χ0) is 26.1. The van der Waals surface area contributed by atoms with Gasteiger partial charge in [0.25, 0.3) is 5.56 Å². The Bertz CT molecular complexity index is 1520. The van der Waals surface area contributed by atoms with Crippen LogP contribution in [0.4, 0.5) is 5.82 Å². The molecule has 1 N–H and O–H groups in total. The lowest BCUT2D eigenvalue weighted by molar-refractivity contribution is 0.186. The molecular weight excluding hydrogens is 502 g/mol. The summed E-state index contributed by atoms with van der Waals surface area (Å²) in [5, 5.41) is 3.25. The van der Waals surface area contributed by atoms with Gasteiger partial charge in [-0.1, -0.05) is 19.1 Å². The van der Waals surface area contributed by atoms with Gasteiger partial charge in [0, 0.05) is 24.0 Å². The molecule has 3 aromatic heterocycles. The smallest absolute Gasteiger partial charge is 0.295 e. The van der Waals surface area contributed by atoms with E-state index >= 15 is 0 Å². The van der Waals surface area contributed by atoms with Crippen molar-refractivity contribution in [2.24, 2.45) is 0 Å². The maximum atomic E-state index is 13.8. The average Bonchev–Trinajstić information content (AvgIpc) is 3.66. The number of thioether (sulfide) groups is 1. The van der Waals surface area contributed by atoms with Crippen molar-refractivity contribution in [2.45, 2.75) is 49.6 Å². The van der Waals surface area contributed by atoms with Crippen LogP contribution < -0.4 is 15.6 Å². The molecule has 2 fully saturated rings. The highest BCUT2D eigenvalue weighted by atomic mass is 32.2. The van der Waals surface area contributed by atoms with Gasteiger partial charge in [0.1, 0.15) is 17.4 Å². The van der Waals surface area contributed by atoms with E-state index in [1.165, 1.54) is 11.2 Å². The molecule has 1 saturated carbocycles. The predicted molar refractivity (Wildman–Crippen MR) is 146 cm³/mol. The Kier molecular flexibility index (Phi) is 6.94. The van der Waals surface area contributed by atoms with E-state index in [-0.39, 0.29) is 17.4 Å². The molecule has 0 bridgehead atoms. The number of nitrogens with zero attached hydrogens (tertiary/aromatic N) is 6. The van der Waals surface area contributed by atoms with Gasteiger partial charge in [-0.2, -0.15) is 0 Å². The minimum Gasteiger partial charge on any atom is -0.480 e. The van der Waals surface area contributed by atoms with Gasteiger partial charge in [-0.15, -0.1) is 11.8 Å². The molecule has 1 unspecified atom stereocenters. The standard InChI is InChI=1S/C27H29N7O3S/c1-3-38-19-8-4-16(5-9-19)12-28-24-27(35)34(18-10-11-37-14-18)25-20(32-24)13-29-23(33-25)21-22(17-6-7-17)30-15-31-26(21)36-2/h4-5,8-9,13,15,17-18H,3,6-7,10-12,14H2,1-2H3,(H,28,32). The zero-order valence-corrected chi connectivity index (χ0v) is 22.2. The number of nitrogens with one attached hydrogen (secondary N) is 1. The van der Waals surface area contributed by atoms with E-state index in [0.29, 0.717) is 54.1 Å². The third kappa shape index (κ3) is 4.83. The number of aromatic nitrogens is 6. The van der Waals surface area contributed by atoms with Gasteiger partial charge in [-0.05, 0) is 42.7 Å². The second kappa shape index (κ2) is 10.7. The molecule has 1 aliphatic carbocycles. The van der Waals surface area contributed by atoms with Crippen LogP contribution in [-0.2, 0) is 11.3 Å². The Morgan fingerprint density at radius 1 is 1.13 bits per heavy atom. The molecule has 1 aromatic carbocycles. The fourth-order valence-electron chi connectivity index (χ4n) is 4.77. The predicted octanol–water partition coefficient (Wildman–Crippen LogP) is 4.22. The Balaban J connectivity index is 1.41. The van der Waals surface area contributed by atoms with Crippen LogP contribution in [0.1, 0.15) is 49.4 Å². The summed E-state index contributed by atoms with van der Waals surface area (Å²) in [6, 6.07) is 8.19. The van der Waals surface area contributed by atoms with Crippen molar-refractivity contribution in [3.05, 3.63) is 58.4 Å². The SMILES string of the molecule is CCSc1ccc(CNc2nc3cnc(-c4c(OC)ncnc4C4CC4)nc3n(C3CCOC3)c2=O)cc1. The number of ether oxygens (including phenoxy) is 2. The molecule has 0 amide bonds. The fourth-order valence-corrected chi connectivity index (χ4v) is 5.43. The summed E-state index contributed by atoms with van der Waals surface area (Å²) >= 11 is 1.80. The van der Waals surface area contributed by atoms with E-state index in [2.05, 4.69) is 56.4 Å². The zero-order valence-electron chi connectivity index (χ0n) is 21.4. The first-order valence-electron chi connectivity index (χ1n) is 12.9. The van der Waals surface area contributed by atoms with Crippen molar-refractivity contribution < 1.29 is 9.47 Å². The van der Waals surface area contributed by atoms with Crippen LogP contribution in [0.3, 0.4) is 0 Å². The van der Waals surface area contributed by atoms with E-state index in [4.69, 9.17) is 14.5 Å². The van der Waals surface area contributed by atoms with Crippen LogP contribution in [0, 0.1) is 0 Å². The maximum absolute atomic E-state index is 13.8. The van der Waals surface area contributed by atoms with E-state index in [0.717, 1.165) is 36.3 Å². The monoisotopic (exact) mass is 531 g/mol. The molecule has 4 aromatic rings. The number of rotatable bonds is 9. The van der Waals surface area contributed by atoms with E-state index < -0.39 is 0 Å². The van der Waals surface area contributed by atoms with Gasteiger partial charge in [-0.25, -0.2) is 24.9 Å². The lowest BCUT2D eigenvalue weighted by Gasteiger charge is -2.18. The molecule has 0 radical (unpaired) electrons. The van der Waals surface area contributed by atoms with Gasteiger partial charge >= 0.3 is 0 Å². The highest BCUT2D eigenvalue weighted by Gasteiger charge is 2.32. The van der Waals surface area contributed by atoms with Crippen LogP contribution in [0.5, 0.6) is 5.88 Å². The molecule has 1 aliphatic heterocycles. The summed E-state index contributed by atoms with van der Waals surface area (Å²) in [7, 11) is 1.57. The normalized spacial score (nSPS) is 17.2. The topological polar surface area (TPSA) is 117 Å². The van der Waals surface area contributed by atoms with Crippen LogP contribution in [-0.4, -0.2) is 55.6 Å². The average molecular weight is 532 g/mol. The Morgan fingerprint density at radius 2 is 1.97 bits per heavy atom. The molecule has 1 saturated heterocycles. The van der Waals surface area contributed by atoms with Gasteiger partial charge in [0.05, 0.1) is 31.6 Å². The molecule has 6 rings (SSSR count). The number of methoxy groups -OCH3 is 1. The van der Waals surface area contributed by atoms with Crippen molar-refractivity contribution in [3.63, 3.8) is 0 Å². The molecule has 10 nitrogen and oxygen atoms in total. The minimum atomic E-state index is -0.227. The summed E-state index contributed by atoms with van der Waals surface area (Å²) in [6.45, 7) is 3.65. The molecule has 196 valence electrons. The van der Waals surface area contributed by atoms with Crippen molar-refractivity contribution >= 4 is 28.7 Å². The van der Waals surface area contributed by atoms with Gasteiger partial charge in [-0.3, -0.25) is 9.36 Å². The number of hydrogen-bond donors (Lipinski definition) is 1. The minimum absolute atomic E-state index is 0.140. The van der Waals surface area contributed by atoms with Gasteiger partial charge in [0.15, 0.2) is 17.3 Å². The lowest BCUT2D eigenvalue weighted by atomic mass is 10.1. The van der Waals surface area contributed by atoms with Crippen molar-refractivity contribution in [2.75, 3.05) is 31.4 Å². The first-order chi connectivity index (χ1) is 18.7. The second-order valence-corrected chi connectivity index (χ2v) is 10.7. The fraction of sp³-hybridized carbons (Fsp3) is 0.407. The van der Waals surface area contributed by atoms with Crippen molar-refractivity contribution in [3.8, 4) is 17.3 Å². The molecule has 1 atom stereocenters. The summed E-state index contributed by atoms with van der Waals surface area (Å²) < 4.78 is 12.9. The highest BCUT2D eigenvalue weighted by Crippen LogP contribution is 2.44. The van der Waals surface area contributed by atoms with Crippen molar-refractivity contribution in [1.29, 1.82) is 0 Å². The van der Waals surface area contributed by atoms with E-state index in [1.54, 1.807) is 29.6 Å². The third-order valence-electron chi connectivity index (χ3n) is 6.82. The summed E-state index contributed by atoms with van der Waals surface area (Å²) in [4.78, 5) is 37.9. The molecule has 4 heterocycles. The number of anilines is 1. The van der Waals surface area contributed by atoms with Crippen LogP contribution >= 0.6 is 11.8 Å². The lowest BCUT2D eigenvalue weighted by Crippen LogP contribution is -2.30. The molecule has 11 heteroatoms. The summed E-state index contributed by atoms with van der Waals surface area (Å²) in [5.74, 6) is 2.49. The van der Waals surface area contributed by atoms with E-state index in [9.17, 15) is 4.79 Å². The summed E-state index contributed by atoms with van der Waals surface area (Å²) in [5.41, 5.74) is 3.39. The highest BCUT2D eigenvalue weighted by molar-refractivity contribution is 7.99. The Labute approximate surface area is 224 Å². The van der Waals surface area contributed by atoms with Gasteiger partial charge in [0.2, 0.25) is 5.88 Å². The molecule has 2 aliphatic rings. The van der Waals surface area contributed by atoms with Crippen LogP contribution in [0.2, 0.25) is 0 Å². The van der Waals surface area contributed by atoms with Crippen molar-refractivity contribution in [1.82, 2.24) is 29.5 Å². The van der Waals surface area contributed by atoms with Crippen LogP contribution in [0.15, 0.2) is 46.5 Å². The first kappa shape index (κ1) is 24.7. The number of benzene rings is 1. The molecule has 0 spiro atoms. The Morgan fingerprint density at radius 3 is 2.68 bits per heavy atom. The molecular formula is C27H29N7O3S.